The van der Waals surface area contributed by atoms with Gasteiger partial charge in [0.15, 0.2) is 0 Å². The van der Waals surface area contributed by atoms with Crippen molar-refractivity contribution in [3.05, 3.63) is 78.1 Å². The lowest BCUT2D eigenvalue weighted by Crippen LogP contribution is -2.50. The number of hydrogen-bond acceptors (Lipinski definition) is 7. The molecule has 3 aromatic carbocycles. The van der Waals surface area contributed by atoms with Gasteiger partial charge in [-0.05, 0) is 24.3 Å². The fourth-order valence-electron chi connectivity index (χ4n) is 4.29. The van der Waals surface area contributed by atoms with Crippen LogP contribution >= 0.6 is 0 Å². The van der Waals surface area contributed by atoms with Gasteiger partial charge in [0.1, 0.15) is 30.5 Å². The summed E-state index contributed by atoms with van der Waals surface area (Å²) in [5.41, 5.74) is 1.66. The van der Waals surface area contributed by atoms with E-state index in [0.717, 1.165) is 0 Å². The average Bonchev–Trinajstić information content (AvgIpc) is 2.98. The molecule has 3 amide bonds. The van der Waals surface area contributed by atoms with Crippen molar-refractivity contribution in [2.24, 2.45) is 0 Å². The number of hydrogen-bond donors (Lipinski definition) is 2. The molecule has 210 valence electrons. The Morgan fingerprint density at radius 2 is 1.40 bits per heavy atom. The lowest BCUT2D eigenvalue weighted by atomic mass is 10.2. The maximum absolute atomic E-state index is 14.0. The summed E-state index contributed by atoms with van der Waals surface area (Å²) in [7, 11) is 2.87. The van der Waals surface area contributed by atoms with Gasteiger partial charge in [-0.3, -0.25) is 14.4 Å². The van der Waals surface area contributed by atoms with Crippen LogP contribution in [0.2, 0.25) is 0 Å². The first-order chi connectivity index (χ1) is 19.4. The van der Waals surface area contributed by atoms with Crippen molar-refractivity contribution in [1.82, 2.24) is 4.90 Å². The maximum atomic E-state index is 14.0. The van der Waals surface area contributed by atoms with Crippen LogP contribution in [0.15, 0.2) is 66.7 Å². The third-order valence-corrected chi connectivity index (χ3v) is 6.36. The molecule has 40 heavy (non-hydrogen) atoms. The molecule has 0 atom stereocenters. The number of halogens is 1. The van der Waals surface area contributed by atoms with Gasteiger partial charge in [0.05, 0.1) is 31.3 Å². The maximum Gasteiger partial charge on any atom is 0.255 e. The van der Waals surface area contributed by atoms with Gasteiger partial charge in [0.25, 0.3) is 5.91 Å². The third-order valence-electron chi connectivity index (χ3n) is 6.36. The minimum absolute atomic E-state index is 0.251. The summed E-state index contributed by atoms with van der Waals surface area (Å²) in [6.45, 7) is 1.21. The lowest BCUT2D eigenvalue weighted by Gasteiger charge is -2.36. The van der Waals surface area contributed by atoms with Crippen molar-refractivity contribution in [2.75, 3.05) is 69.1 Å². The zero-order valence-electron chi connectivity index (χ0n) is 22.3. The number of amides is 3. The molecular formula is C29H31FN4O6. The Kier molecular flexibility index (Phi) is 9.53. The van der Waals surface area contributed by atoms with E-state index in [0.29, 0.717) is 60.3 Å². The number of benzene rings is 3. The largest absolute Gasteiger partial charge is 0.494 e. The van der Waals surface area contributed by atoms with E-state index in [9.17, 15) is 18.8 Å². The van der Waals surface area contributed by atoms with Gasteiger partial charge >= 0.3 is 0 Å². The molecule has 0 unspecified atom stereocenters. The summed E-state index contributed by atoms with van der Waals surface area (Å²) in [5.74, 6) is -0.772. The number of nitrogens with one attached hydrogen (secondary N) is 2. The Morgan fingerprint density at radius 1 is 0.800 bits per heavy atom. The number of rotatable bonds is 10. The van der Waals surface area contributed by atoms with E-state index in [1.165, 1.54) is 26.4 Å². The third kappa shape index (κ3) is 7.06. The molecule has 0 radical (unpaired) electrons. The number of nitrogens with zero attached hydrogens (tertiary/aromatic N) is 2. The molecule has 0 saturated carbocycles. The van der Waals surface area contributed by atoms with Gasteiger partial charge < -0.3 is 34.6 Å². The van der Waals surface area contributed by atoms with Gasteiger partial charge in [-0.1, -0.05) is 30.3 Å². The molecule has 1 aliphatic heterocycles. The van der Waals surface area contributed by atoms with Crippen LogP contribution in [0.25, 0.3) is 0 Å². The van der Waals surface area contributed by atoms with Crippen molar-refractivity contribution in [3.63, 3.8) is 0 Å². The summed E-state index contributed by atoms with van der Waals surface area (Å²) >= 11 is 0. The van der Waals surface area contributed by atoms with Gasteiger partial charge in [0.2, 0.25) is 11.8 Å². The van der Waals surface area contributed by atoms with Crippen LogP contribution in [0, 0.1) is 5.82 Å². The van der Waals surface area contributed by atoms with Gasteiger partial charge in [0, 0.05) is 43.9 Å². The quantitative estimate of drug-likeness (QED) is 0.398. The van der Waals surface area contributed by atoms with Crippen LogP contribution in [-0.2, 0) is 14.3 Å². The first-order valence-electron chi connectivity index (χ1n) is 12.7. The van der Waals surface area contributed by atoms with Gasteiger partial charge in [-0.15, -0.1) is 0 Å². The molecule has 0 spiro atoms. The summed E-state index contributed by atoms with van der Waals surface area (Å²) in [4.78, 5) is 41.2. The molecule has 2 N–H and O–H groups in total. The zero-order chi connectivity index (χ0) is 28.5. The van der Waals surface area contributed by atoms with E-state index in [1.807, 2.05) is 11.0 Å². The standard InChI is InChI=1S/C29H31FN4O6/c1-38-25-17-23(32-29(37)20-8-4-3-5-9-20)26(39-2)16-22(25)31-27(35)18-40-19-28(36)34-14-12-33(13-15-34)24-11-7-6-10-21(24)30/h3-11,16-17H,12-15,18-19H2,1-2H3,(H,31,35)(H,32,37). The van der Waals surface area contributed by atoms with Crippen LogP contribution in [0.4, 0.5) is 21.5 Å². The molecule has 1 aliphatic rings. The second kappa shape index (κ2) is 13.4. The van der Waals surface area contributed by atoms with Crippen LogP contribution in [0.5, 0.6) is 11.5 Å². The van der Waals surface area contributed by atoms with Crippen LogP contribution in [0.3, 0.4) is 0 Å². The minimum Gasteiger partial charge on any atom is -0.494 e. The lowest BCUT2D eigenvalue weighted by molar-refractivity contribution is -0.137. The Bertz CT molecular complexity index is 1350. The van der Waals surface area contributed by atoms with Crippen LogP contribution < -0.4 is 25.0 Å². The van der Waals surface area contributed by atoms with E-state index in [1.54, 1.807) is 53.4 Å². The second-order valence-corrected chi connectivity index (χ2v) is 8.93. The molecule has 0 aliphatic carbocycles. The number of carbonyl (C=O) groups is 3. The van der Waals surface area contributed by atoms with Crippen LogP contribution in [-0.4, -0.2) is 76.2 Å². The summed E-state index contributed by atoms with van der Waals surface area (Å²) in [6.07, 6.45) is 0. The SMILES string of the molecule is COc1cc(NC(=O)c2ccccc2)c(OC)cc1NC(=O)COCC(=O)N1CCN(c2ccccc2F)CC1. The first-order valence-corrected chi connectivity index (χ1v) is 12.7. The Labute approximate surface area is 231 Å². The fourth-order valence-corrected chi connectivity index (χ4v) is 4.29. The molecule has 1 fully saturated rings. The first kappa shape index (κ1) is 28.4. The smallest absolute Gasteiger partial charge is 0.255 e. The monoisotopic (exact) mass is 550 g/mol. The summed E-state index contributed by atoms with van der Waals surface area (Å²) in [6, 6.07) is 18.3. The Morgan fingerprint density at radius 3 is 2.02 bits per heavy atom. The molecule has 0 bridgehead atoms. The number of para-hydroxylation sites is 1. The zero-order valence-corrected chi connectivity index (χ0v) is 22.3. The Hall–Kier alpha value is -4.64. The predicted octanol–water partition coefficient (Wildman–Crippen LogP) is 3.40. The number of piperazine rings is 1. The van der Waals surface area contributed by atoms with E-state index in [2.05, 4.69) is 10.6 Å². The summed E-state index contributed by atoms with van der Waals surface area (Å²) < 4.78 is 30.2. The molecule has 11 heteroatoms. The molecule has 4 rings (SSSR count). The van der Waals surface area contributed by atoms with E-state index < -0.39 is 5.91 Å². The number of ether oxygens (including phenoxy) is 3. The van der Waals surface area contributed by atoms with E-state index >= 15 is 0 Å². The predicted molar refractivity (Wildman–Crippen MR) is 149 cm³/mol. The summed E-state index contributed by atoms with van der Waals surface area (Å²) in [5, 5.41) is 5.46. The second-order valence-electron chi connectivity index (χ2n) is 8.93. The molecule has 3 aromatic rings. The van der Waals surface area contributed by atoms with Crippen molar-refractivity contribution in [2.45, 2.75) is 0 Å². The highest BCUT2D eigenvalue weighted by atomic mass is 19.1. The number of anilines is 3. The van der Waals surface area contributed by atoms with Crippen LogP contribution in [0.1, 0.15) is 10.4 Å². The molecule has 1 heterocycles. The van der Waals surface area contributed by atoms with Crippen molar-refractivity contribution < 1.29 is 33.0 Å². The minimum atomic E-state index is -0.501. The van der Waals surface area contributed by atoms with Gasteiger partial charge in [-0.2, -0.15) is 0 Å². The normalized spacial score (nSPS) is 13.0. The van der Waals surface area contributed by atoms with E-state index in [4.69, 9.17) is 14.2 Å². The topological polar surface area (TPSA) is 109 Å². The molecule has 1 saturated heterocycles. The number of carbonyl (C=O) groups excluding carboxylic acids is 3. The van der Waals surface area contributed by atoms with Crippen molar-refractivity contribution >= 4 is 34.8 Å². The van der Waals surface area contributed by atoms with Crippen molar-refractivity contribution in [3.8, 4) is 11.5 Å². The van der Waals surface area contributed by atoms with E-state index in [-0.39, 0.29) is 30.8 Å². The highest BCUT2D eigenvalue weighted by Gasteiger charge is 2.23. The Balaban J connectivity index is 1.27. The molecule has 0 aromatic heterocycles. The van der Waals surface area contributed by atoms with Gasteiger partial charge in [-0.25, -0.2) is 4.39 Å². The highest BCUT2D eigenvalue weighted by molar-refractivity contribution is 6.05. The molecular weight excluding hydrogens is 519 g/mol. The number of methoxy groups -OCH3 is 2. The fraction of sp³-hybridized carbons (Fsp3) is 0.276. The highest BCUT2D eigenvalue weighted by Crippen LogP contribution is 2.36. The molecule has 10 nitrogen and oxygen atoms in total. The van der Waals surface area contributed by atoms with Crippen molar-refractivity contribution in [1.29, 1.82) is 0 Å². The average molecular weight is 551 g/mol.